The van der Waals surface area contributed by atoms with Gasteiger partial charge in [0.1, 0.15) is 0 Å². The summed E-state index contributed by atoms with van der Waals surface area (Å²) in [6.45, 7) is 15.2. The Kier molecular flexibility index (Phi) is 8.23. The summed E-state index contributed by atoms with van der Waals surface area (Å²) < 4.78 is 0. The fourth-order valence-corrected chi connectivity index (χ4v) is 6.13. The third-order valence-corrected chi connectivity index (χ3v) is 8.62. The molecule has 0 spiro atoms. The molecule has 0 amide bonds. The minimum Gasteiger partial charge on any atom is -0.371 e. The van der Waals surface area contributed by atoms with Crippen molar-refractivity contribution in [3.05, 3.63) is 23.8 Å². The third kappa shape index (κ3) is 6.24. The van der Waals surface area contributed by atoms with Gasteiger partial charge in [-0.25, -0.2) is 0 Å². The number of nitriles is 1. The Labute approximate surface area is 202 Å². The maximum absolute atomic E-state index is 9.29. The van der Waals surface area contributed by atoms with Crippen LogP contribution in [0, 0.1) is 22.7 Å². The lowest BCUT2D eigenvalue weighted by Crippen LogP contribution is -2.47. The van der Waals surface area contributed by atoms with Gasteiger partial charge in [-0.15, -0.1) is 0 Å². The van der Waals surface area contributed by atoms with E-state index in [0.29, 0.717) is 11.3 Å². The van der Waals surface area contributed by atoms with E-state index in [-0.39, 0.29) is 5.92 Å². The molecule has 2 aliphatic heterocycles. The summed E-state index contributed by atoms with van der Waals surface area (Å²) in [5.74, 6) is 0.932. The molecular weight excluding hydrogens is 404 g/mol. The molecule has 1 aliphatic carbocycles. The molecule has 3 aliphatic rings. The molecule has 1 aromatic rings. The minimum atomic E-state index is 0.245. The molecule has 4 rings (SSSR count). The maximum Gasteiger partial charge on any atom is 0.0657 e. The van der Waals surface area contributed by atoms with Gasteiger partial charge < -0.3 is 9.80 Å². The van der Waals surface area contributed by atoms with Crippen molar-refractivity contribution in [2.24, 2.45) is 11.3 Å². The van der Waals surface area contributed by atoms with Crippen LogP contribution in [0.1, 0.15) is 90.0 Å². The quantitative estimate of drug-likeness (QED) is 0.449. The molecule has 2 heterocycles. The third-order valence-electron chi connectivity index (χ3n) is 8.62. The van der Waals surface area contributed by atoms with E-state index in [1.165, 1.54) is 76.0 Å². The van der Waals surface area contributed by atoms with E-state index in [2.05, 4.69) is 59.7 Å². The summed E-state index contributed by atoms with van der Waals surface area (Å²) in [6.07, 6.45) is 11.3. The van der Waals surface area contributed by atoms with Crippen molar-refractivity contribution in [1.82, 2.24) is 4.90 Å². The number of anilines is 2. The Balaban J connectivity index is 1.49. The van der Waals surface area contributed by atoms with E-state index in [4.69, 9.17) is 0 Å². The number of unbranched alkanes of at least 4 members (excludes halogenated alkanes) is 2. The van der Waals surface area contributed by atoms with Crippen LogP contribution in [0.2, 0.25) is 0 Å². The fraction of sp³-hybridized carbons (Fsp3) is 0.759. The van der Waals surface area contributed by atoms with Crippen LogP contribution in [0.15, 0.2) is 18.2 Å². The van der Waals surface area contributed by atoms with Crippen LogP contribution >= 0.6 is 0 Å². The van der Waals surface area contributed by atoms with Gasteiger partial charge >= 0.3 is 0 Å². The van der Waals surface area contributed by atoms with Crippen LogP contribution in [0.5, 0.6) is 0 Å². The predicted molar refractivity (Wildman–Crippen MR) is 140 cm³/mol. The van der Waals surface area contributed by atoms with Crippen molar-refractivity contribution in [2.75, 3.05) is 55.6 Å². The average molecular weight is 451 g/mol. The molecule has 4 nitrogen and oxygen atoms in total. The van der Waals surface area contributed by atoms with Crippen LogP contribution in [0.4, 0.5) is 11.4 Å². The van der Waals surface area contributed by atoms with Crippen molar-refractivity contribution >= 4 is 11.4 Å². The van der Waals surface area contributed by atoms with Gasteiger partial charge in [-0.1, -0.05) is 33.6 Å². The van der Waals surface area contributed by atoms with Crippen molar-refractivity contribution in [2.45, 2.75) is 84.5 Å². The van der Waals surface area contributed by atoms with E-state index in [1.54, 1.807) is 5.56 Å². The summed E-state index contributed by atoms with van der Waals surface area (Å²) >= 11 is 0. The molecule has 0 N–H and O–H groups in total. The maximum atomic E-state index is 9.29. The van der Waals surface area contributed by atoms with E-state index >= 15 is 0 Å². The molecule has 2 saturated heterocycles. The summed E-state index contributed by atoms with van der Waals surface area (Å²) in [5, 5.41) is 9.29. The van der Waals surface area contributed by atoms with E-state index in [9.17, 15) is 5.26 Å². The summed E-state index contributed by atoms with van der Waals surface area (Å²) in [7, 11) is 0. The highest BCUT2D eigenvalue weighted by atomic mass is 15.3. The van der Waals surface area contributed by atoms with Gasteiger partial charge in [0.05, 0.1) is 6.07 Å². The van der Waals surface area contributed by atoms with Gasteiger partial charge in [0, 0.05) is 56.6 Å². The molecule has 182 valence electrons. The minimum absolute atomic E-state index is 0.245. The first-order valence-corrected chi connectivity index (χ1v) is 13.7. The van der Waals surface area contributed by atoms with Crippen LogP contribution < -0.4 is 9.80 Å². The highest BCUT2D eigenvalue weighted by Crippen LogP contribution is 2.46. The van der Waals surface area contributed by atoms with Crippen LogP contribution in [0.3, 0.4) is 0 Å². The lowest BCUT2D eigenvalue weighted by molar-refractivity contribution is 0.224. The normalized spacial score (nSPS) is 23.0. The van der Waals surface area contributed by atoms with Crippen LogP contribution in [0.25, 0.3) is 0 Å². The monoisotopic (exact) mass is 450 g/mol. The predicted octanol–water partition coefficient (Wildman–Crippen LogP) is 6.42. The molecule has 1 aromatic carbocycles. The number of rotatable bonds is 7. The average Bonchev–Trinajstić information content (AvgIpc) is 2.84. The second-order valence-corrected chi connectivity index (χ2v) is 11.6. The van der Waals surface area contributed by atoms with Crippen molar-refractivity contribution < 1.29 is 0 Å². The van der Waals surface area contributed by atoms with Crippen molar-refractivity contribution in [3.63, 3.8) is 0 Å². The number of piperazine rings is 1. The second-order valence-electron chi connectivity index (χ2n) is 11.6. The first kappa shape index (κ1) is 24.4. The number of hydrogen-bond donors (Lipinski definition) is 0. The van der Waals surface area contributed by atoms with Gasteiger partial charge in [0.15, 0.2) is 0 Å². The number of benzene rings is 1. The van der Waals surface area contributed by atoms with Gasteiger partial charge in [0.25, 0.3) is 0 Å². The Morgan fingerprint density at radius 2 is 1.61 bits per heavy atom. The Bertz CT molecular complexity index is 784. The Hall–Kier alpha value is -1.73. The zero-order valence-electron chi connectivity index (χ0n) is 21.5. The zero-order chi connectivity index (χ0) is 23.3. The molecule has 0 aromatic heterocycles. The number of hydrogen-bond acceptors (Lipinski definition) is 4. The smallest absolute Gasteiger partial charge is 0.0657 e. The van der Waals surface area contributed by atoms with Gasteiger partial charge in [-0.05, 0) is 86.6 Å². The lowest BCUT2D eigenvalue weighted by atomic mass is 9.71. The molecule has 0 bridgehead atoms. The lowest BCUT2D eigenvalue weighted by Gasteiger charge is -2.40. The molecule has 0 unspecified atom stereocenters. The first-order valence-electron chi connectivity index (χ1n) is 13.7. The molecule has 4 heteroatoms. The summed E-state index contributed by atoms with van der Waals surface area (Å²) in [6, 6.07) is 9.83. The largest absolute Gasteiger partial charge is 0.371 e. The summed E-state index contributed by atoms with van der Waals surface area (Å²) in [5.41, 5.74) is 4.99. The van der Waals surface area contributed by atoms with E-state index in [0.717, 1.165) is 39.0 Å². The van der Waals surface area contributed by atoms with Gasteiger partial charge in [0.2, 0.25) is 0 Å². The number of nitrogens with zero attached hydrogens (tertiary/aromatic N) is 4. The fourth-order valence-electron chi connectivity index (χ4n) is 6.13. The van der Waals surface area contributed by atoms with E-state index < -0.39 is 0 Å². The first-order chi connectivity index (χ1) is 16.0. The molecule has 0 radical (unpaired) electrons. The van der Waals surface area contributed by atoms with Crippen LogP contribution in [-0.2, 0) is 0 Å². The summed E-state index contributed by atoms with van der Waals surface area (Å²) in [4.78, 5) is 7.87. The molecule has 33 heavy (non-hydrogen) atoms. The number of piperidine rings is 1. The van der Waals surface area contributed by atoms with E-state index in [1.807, 2.05) is 0 Å². The Morgan fingerprint density at radius 3 is 2.24 bits per heavy atom. The Morgan fingerprint density at radius 1 is 0.909 bits per heavy atom. The highest BCUT2D eigenvalue weighted by molar-refractivity contribution is 5.63. The molecule has 1 saturated carbocycles. The van der Waals surface area contributed by atoms with Crippen LogP contribution in [-0.4, -0.2) is 50.7 Å². The SMILES string of the molecule is CCCCCN1CCN(c2ccc(N3CCC(C#N)CC3)cc2C2CCC(C)(C)CC2)CC1. The topological polar surface area (TPSA) is 33.5 Å². The standard InChI is InChI=1S/C29H46N4/c1-4-5-6-15-31-18-20-33(21-19-31)28-8-7-26(32-16-11-24(23-30)12-17-32)22-27(28)25-9-13-29(2,3)14-10-25/h7-8,22,24-25H,4-6,9-21H2,1-3H3. The second kappa shape index (κ2) is 11.1. The van der Waals surface area contributed by atoms with Crippen molar-refractivity contribution in [1.29, 1.82) is 5.26 Å². The highest BCUT2D eigenvalue weighted by Gasteiger charge is 2.31. The van der Waals surface area contributed by atoms with Gasteiger partial charge in [-0.2, -0.15) is 5.26 Å². The van der Waals surface area contributed by atoms with Crippen molar-refractivity contribution in [3.8, 4) is 6.07 Å². The molecule has 3 fully saturated rings. The zero-order valence-corrected chi connectivity index (χ0v) is 21.5. The molecule has 0 atom stereocenters. The molecular formula is C29H46N4. The van der Waals surface area contributed by atoms with Gasteiger partial charge in [-0.3, -0.25) is 4.90 Å².